The van der Waals surface area contributed by atoms with Gasteiger partial charge < -0.3 is 4.90 Å². The summed E-state index contributed by atoms with van der Waals surface area (Å²) in [5.74, 6) is 0.707. The number of aliphatic imine (C=N–C) groups is 1. The minimum absolute atomic E-state index is 0.0748. The topological polar surface area (TPSA) is 63.4 Å². The van der Waals surface area contributed by atoms with E-state index in [0.29, 0.717) is 11.4 Å². The summed E-state index contributed by atoms with van der Waals surface area (Å²) < 4.78 is 1.97. The number of carbonyl (C=O) groups excluding carboxylic acids is 1. The molecule has 0 N–H and O–H groups in total. The third-order valence-corrected chi connectivity index (χ3v) is 4.88. The smallest absolute Gasteiger partial charge is 0.255 e. The first-order valence-corrected chi connectivity index (χ1v) is 8.87. The van der Waals surface area contributed by atoms with E-state index in [1.54, 1.807) is 12.4 Å². The number of fused-ring (bicyclic) bond motifs is 1. The molecule has 4 rings (SSSR count). The standard InChI is InChI=1S/C20H21N5O/c1-14-10-17(13-22-18(14)21-2)25-9-6-15-11-16(12-23-19(15)25)20(26)24-7-4-3-5-8-24/h6,9-13H,2-5,7-8H2,1H3. The van der Waals surface area contributed by atoms with Crippen LogP contribution in [0.15, 0.2) is 41.8 Å². The van der Waals surface area contributed by atoms with Gasteiger partial charge in [-0.2, -0.15) is 0 Å². The largest absolute Gasteiger partial charge is 0.339 e. The van der Waals surface area contributed by atoms with E-state index >= 15 is 0 Å². The second-order valence-corrected chi connectivity index (χ2v) is 6.67. The lowest BCUT2D eigenvalue weighted by molar-refractivity contribution is 0.0724. The minimum Gasteiger partial charge on any atom is -0.339 e. The average Bonchev–Trinajstić information content (AvgIpc) is 3.11. The SMILES string of the molecule is C=Nc1ncc(-n2ccc3cc(C(=O)N4CCCCC4)cnc32)cc1C. The third kappa shape index (κ3) is 2.87. The molecule has 0 aliphatic carbocycles. The molecule has 0 spiro atoms. The van der Waals surface area contributed by atoms with Gasteiger partial charge in [-0.1, -0.05) is 0 Å². The maximum Gasteiger partial charge on any atom is 0.255 e. The number of aromatic nitrogens is 3. The average molecular weight is 347 g/mol. The molecule has 6 heteroatoms. The lowest BCUT2D eigenvalue weighted by atomic mass is 10.1. The molecule has 0 atom stereocenters. The van der Waals surface area contributed by atoms with Crippen LogP contribution in [-0.2, 0) is 0 Å². The molecule has 1 amide bonds. The van der Waals surface area contributed by atoms with Crippen molar-refractivity contribution in [2.24, 2.45) is 4.99 Å². The van der Waals surface area contributed by atoms with Gasteiger partial charge in [0.05, 0.1) is 17.4 Å². The first kappa shape index (κ1) is 16.4. The van der Waals surface area contributed by atoms with E-state index in [1.165, 1.54) is 6.42 Å². The van der Waals surface area contributed by atoms with Gasteiger partial charge in [0.1, 0.15) is 5.65 Å². The minimum atomic E-state index is 0.0748. The molecule has 3 aromatic rings. The molecule has 4 heterocycles. The summed E-state index contributed by atoms with van der Waals surface area (Å²) in [7, 11) is 0. The summed E-state index contributed by atoms with van der Waals surface area (Å²) in [6.07, 6.45) is 8.75. The van der Waals surface area contributed by atoms with Gasteiger partial charge in [0.25, 0.3) is 5.91 Å². The van der Waals surface area contributed by atoms with Crippen molar-refractivity contribution in [3.05, 3.63) is 47.9 Å². The predicted octanol–water partition coefficient (Wildman–Crippen LogP) is 3.69. The number of carbonyl (C=O) groups is 1. The fourth-order valence-electron chi connectivity index (χ4n) is 3.48. The van der Waals surface area contributed by atoms with E-state index in [0.717, 1.165) is 48.2 Å². The number of hydrogen-bond acceptors (Lipinski definition) is 4. The Morgan fingerprint density at radius 1 is 1.15 bits per heavy atom. The lowest BCUT2D eigenvalue weighted by Gasteiger charge is -2.26. The van der Waals surface area contributed by atoms with Crippen LogP contribution < -0.4 is 0 Å². The Kier molecular flexibility index (Phi) is 4.24. The normalized spacial score (nSPS) is 14.6. The first-order chi connectivity index (χ1) is 12.7. The van der Waals surface area contributed by atoms with Crippen LogP contribution in [0, 0.1) is 6.92 Å². The fraction of sp³-hybridized carbons (Fsp3) is 0.300. The molecule has 0 unspecified atom stereocenters. The molecule has 1 aliphatic rings. The molecule has 26 heavy (non-hydrogen) atoms. The summed E-state index contributed by atoms with van der Waals surface area (Å²) in [5.41, 5.74) is 3.32. The van der Waals surface area contributed by atoms with Crippen LogP contribution >= 0.6 is 0 Å². The van der Waals surface area contributed by atoms with Crippen LogP contribution in [0.2, 0.25) is 0 Å². The molecule has 3 aromatic heterocycles. The van der Waals surface area contributed by atoms with E-state index in [1.807, 2.05) is 40.8 Å². The third-order valence-electron chi connectivity index (χ3n) is 4.88. The number of rotatable bonds is 3. The Labute approximate surface area is 152 Å². The Bertz CT molecular complexity index is 985. The molecule has 132 valence electrons. The summed E-state index contributed by atoms with van der Waals surface area (Å²) in [5, 5.41) is 0.941. The van der Waals surface area contributed by atoms with E-state index < -0.39 is 0 Å². The van der Waals surface area contributed by atoms with Crippen molar-refractivity contribution in [2.75, 3.05) is 13.1 Å². The van der Waals surface area contributed by atoms with Gasteiger partial charge in [0, 0.05) is 30.9 Å². The van der Waals surface area contributed by atoms with Crippen LogP contribution in [0.4, 0.5) is 5.82 Å². The van der Waals surface area contributed by atoms with E-state index in [9.17, 15) is 4.79 Å². The predicted molar refractivity (Wildman–Crippen MR) is 103 cm³/mol. The summed E-state index contributed by atoms with van der Waals surface area (Å²) in [6, 6.07) is 5.91. The summed E-state index contributed by atoms with van der Waals surface area (Å²) >= 11 is 0. The van der Waals surface area contributed by atoms with Crippen molar-refractivity contribution in [3.8, 4) is 5.69 Å². The van der Waals surface area contributed by atoms with Gasteiger partial charge in [-0.05, 0) is 56.7 Å². The van der Waals surface area contributed by atoms with Crippen LogP contribution in [0.1, 0.15) is 35.2 Å². The van der Waals surface area contributed by atoms with Gasteiger partial charge in [-0.25, -0.2) is 15.0 Å². The zero-order valence-corrected chi connectivity index (χ0v) is 14.9. The zero-order valence-electron chi connectivity index (χ0n) is 14.9. The van der Waals surface area contributed by atoms with Gasteiger partial charge in [-0.3, -0.25) is 9.36 Å². The Balaban J connectivity index is 1.68. The lowest BCUT2D eigenvalue weighted by Crippen LogP contribution is -2.35. The number of aryl methyl sites for hydroxylation is 1. The van der Waals surface area contributed by atoms with E-state index in [4.69, 9.17) is 0 Å². The number of likely N-dealkylation sites (tertiary alicyclic amines) is 1. The monoisotopic (exact) mass is 347 g/mol. The van der Waals surface area contributed by atoms with Crippen LogP contribution in [0.5, 0.6) is 0 Å². The van der Waals surface area contributed by atoms with Gasteiger partial charge in [0.15, 0.2) is 5.82 Å². The molecule has 1 aliphatic heterocycles. The van der Waals surface area contributed by atoms with Gasteiger partial charge >= 0.3 is 0 Å². The number of nitrogens with zero attached hydrogens (tertiary/aromatic N) is 5. The molecule has 1 saturated heterocycles. The molecule has 1 fully saturated rings. The number of piperidine rings is 1. The molecule has 0 bridgehead atoms. The van der Waals surface area contributed by atoms with Gasteiger partial charge in [0.2, 0.25) is 0 Å². The number of amides is 1. The molecule has 0 aromatic carbocycles. The van der Waals surface area contributed by atoms with E-state index in [-0.39, 0.29) is 5.91 Å². The highest BCUT2D eigenvalue weighted by atomic mass is 16.2. The van der Waals surface area contributed by atoms with Crippen molar-refractivity contribution >= 4 is 29.5 Å². The summed E-state index contributed by atoms with van der Waals surface area (Å²) in [4.78, 5) is 27.4. The van der Waals surface area contributed by atoms with Crippen molar-refractivity contribution < 1.29 is 4.79 Å². The second-order valence-electron chi connectivity index (χ2n) is 6.67. The van der Waals surface area contributed by atoms with Crippen LogP contribution in [0.25, 0.3) is 16.7 Å². The molecule has 0 saturated carbocycles. The van der Waals surface area contributed by atoms with Crippen LogP contribution in [-0.4, -0.2) is 45.1 Å². The highest BCUT2D eigenvalue weighted by Crippen LogP contribution is 2.23. The molecular formula is C20H21N5O. The molecule has 6 nitrogen and oxygen atoms in total. The first-order valence-electron chi connectivity index (χ1n) is 8.87. The second kappa shape index (κ2) is 6.71. The quantitative estimate of drug-likeness (QED) is 0.679. The highest BCUT2D eigenvalue weighted by Gasteiger charge is 2.19. The van der Waals surface area contributed by atoms with Crippen molar-refractivity contribution in [1.29, 1.82) is 0 Å². The Morgan fingerprint density at radius 2 is 1.96 bits per heavy atom. The number of hydrogen-bond donors (Lipinski definition) is 0. The maximum atomic E-state index is 12.7. The van der Waals surface area contributed by atoms with Crippen LogP contribution in [0.3, 0.4) is 0 Å². The summed E-state index contributed by atoms with van der Waals surface area (Å²) in [6.45, 7) is 7.16. The van der Waals surface area contributed by atoms with Crippen molar-refractivity contribution in [2.45, 2.75) is 26.2 Å². The van der Waals surface area contributed by atoms with Crippen molar-refractivity contribution in [3.63, 3.8) is 0 Å². The maximum absolute atomic E-state index is 12.7. The molecular weight excluding hydrogens is 326 g/mol. The van der Waals surface area contributed by atoms with Gasteiger partial charge in [-0.15, -0.1) is 0 Å². The number of pyridine rings is 2. The highest BCUT2D eigenvalue weighted by molar-refractivity contribution is 5.97. The van der Waals surface area contributed by atoms with E-state index in [2.05, 4.69) is 21.7 Å². The Morgan fingerprint density at radius 3 is 2.69 bits per heavy atom. The molecule has 0 radical (unpaired) electrons. The Hall–Kier alpha value is -3.02. The zero-order chi connectivity index (χ0) is 18.1. The van der Waals surface area contributed by atoms with Crippen molar-refractivity contribution in [1.82, 2.24) is 19.4 Å². The fourth-order valence-corrected chi connectivity index (χ4v) is 3.48.